The third-order valence-electron chi connectivity index (χ3n) is 5.08. The van der Waals surface area contributed by atoms with Crippen molar-refractivity contribution in [1.82, 2.24) is 4.90 Å². The molecule has 1 saturated heterocycles. The van der Waals surface area contributed by atoms with Gasteiger partial charge in [-0.2, -0.15) is 0 Å². The van der Waals surface area contributed by atoms with E-state index in [-0.39, 0.29) is 4.75 Å². The number of likely N-dealkylation sites (tertiary alicyclic amines) is 1. The Balaban J connectivity index is 1.60. The maximum atomic E-state index is 12.1. The summed E-state index contributed by atoms with van der Waals surface area (Å²) in [4.78, 5) is 2.59. The van der Waals surface area contributed by atoms with Gasteiger partial charge in [0, 0.05) is 25.6 Å². The second-order valence-corrected chi connectivity index (χ2v) is 9.90. The SMILES string of the molecule is CC(C)(C)[S@@+]([O-])/N=C/C1[C@@H]2CC[C@H]1CN(Cc1ccccc1)C2. The molecular weight excluding hydrogens is 304 g/mol. The lowest BCUT2D eigenvalue weighted by Crippen LogP contribution is -2.42. The molecule has 4 heteroatoms. The molecule has 126 valence electrons. The van der Waals surface area contributed by atoms with Crippen LogP contribution in [-0.2, 0) is 17.9 Å². The summed E-state index contributed by atoms with van der Waals surface area (Å²) in [5, 5.41) is 0. The third kappa shape index (κ3) is 4.17. The molecule has 1 heterocycles. The average Bonchev–Trinajstić information content (AvgIpc) is 2.74. The van der Waals surface area contributed by atoms with Gasteiger partial charge in [0.1, 0.15) is 16.1 Å². The van der Waals surface area contributed by atoms with E-state index in [4.69, 9.17) is 0 Å². The standard InChI is InChI=1S/C19H28N2OS/c1-19(2,3)23(22)20-11-18-16-9-10-17(18)14-21(13-16)12-15-7-5-4-6-8-15/h4-8,11,16-18H,9-10,12-14H2,1-3H3/b20-11+/t16-,17+,18?,23-/m1/s1. The van der Waals surface area contributed by atoms with E-state index in [1.165, 1.54) is 18.4 Å². The van der Waals surface area contributed by atoms with E-state index < -0.39 is 11.4 Å². The predicted octanol–water partition coefficient (Wildman–Crippen LogP) is 3.68. The zero-order chi connectivity index (χ0) is 16.4. The van der Waals surface area contributed by atoms with Crippen LogP contribution in [0.1, 0.15) is 39.2 Å². The van der Waals surface area contributed by atoms with E-state index in [9.17, 15) is 4.55 Å². The Hall–Kier alpha value is -0.840. The molecule has 1 aliphatic heterocycles. The number of fused-ring (bicyclic) bond motifs is 2. The van der Waals surface area contributed by atoms with Gasteiger partial charge in [-0.1, -0.05) is 34.7 Å². The van der Waals surface area contributed by atoms with Crippen LogP contribution < -0.4 is 0 Å². The lowest BCUT2D eigenvalue weighted by Gasteiger charge is -2.36. The van der Waals surface area contributed by atoms with Crippen LogP contribution in [0, 0.1) is 17.8 Å². The molecule has 0 N–H and O–H groups in total. The molecule has 1 aromatic carbocycles. The highest BCUT2D eigenvalue weighted by molar-refractivity contribution is 7.91. The zero-order valence-electron chi connectivity index (χ0n) is 14.4. The highest BCUT2D eigenvalue weighted by Gasteiger charge is 2.41. The van der Waals surface area contributed by atoms with E-state index in [2.05, 4.69) is 39.6 Å². The molecule has 2 fully saturated rings. The lowest BCUT2D eigenvalue weighted by atomic mass is 9.86. The van der Waals surface area contributed by atoms with E-state index in [1.807, 2.05) is 27.0 Å². The maximum absolute atomic E-state index is 12.1. The van der Waals surface area contributed by atoms with Gasteiger partial charge in [-0.05, 0) is 51.0 Å². The van der Waals surface area contributed by atoms with Crippen LogP contribution in [-0.4, -0.2) is 33.5 Å². The number of hydrogen-bond donors (Lipinski definition) is 0. The van der Waals surface area contributed by atoms with Crippen LogP contribution in [0.5, 0.6) is 0 Å². The van der Waals surface area contributed by atoms with Gasteiger partial charge in [0.05, 0.1) is 6.21 Å². The summed E-state index contributed by atoms with van der Waals surface area (Å²) in [6, 6.07) is 10.7. The second-order valence-electron chi connectivity index (χ2n) is 7.97. The Morgan fingerprint density at radius 1 is 1.17 bits per heavy atom. The molecular formula is C19H28N2OS. The molecule has 1 aliphatic carbocycles. The van der Waals surface area contributed by atoms with Crippen molar-refractivity contribution in [3.63, 3.8) is 0 Å². The van der Waals surface area contributed by atoms with Gasteiger partial charge in [0.15, 0.2) is 0 Å². The van der Waals surface area contributed by atoms with Gasteiger partial charge < -0.3 is 4.55 Å². The summed E-state index contributed by atoms with van der Waals surface area (Å²) in [5.41, 5.74) is 1.40. The number of nitrogens with zero attached hydrogens (tertiary/aromatic N) is 2. The molecule has 1 saturated carbocycles. The highest BCUT2D eigenvalue weighted by Crippen LogP contribution is 2.41. The van der Waals surface area contributed by atoms with E-state index in [1.54, 1.807) is 0 Å². The third-order valence-corrected chi connectivity index (χ3v) is 6.44. The Labute approximate surface area is 143 Å². The molecule has 3 rings (SSSR count). The maximum Gasteiger partial charge on any atom is 0.144 e. The van der Waals surface area contributed by atoms with Crippen LogP contribution >= 0.6 is 0 Å². The summed E-state index contributed by atoms with van der Waals surface area (Å²) in [6.07, 6.45) is 4.60. The number of hydrogen-bond acceptors (Lipinski definition) is 3. The van der Waals surface area contributed by atoms with Gasteiger partial charge in [0.2, 0.25) is 0 Å². The monoisotopic (exact) mass is 332 g/mol. The van der Waals surface area contributed by atoms with Crippen molar-refractivity contribution in [1.29, 1.82) is 0 Å². The molecule has 0 aromatic heterocycles. The van der Waals surface area contributed by atoms with Gasteiger partial charge in [-0.15, -0.1) is 0 Å². The predicted molar refractivity (Wildman–Crippen MR) is 97.8 cm³/mol. The number of piperidine rings is 1. The average molecular weight is 333 g/mol. The molecule has 1 aromatic rings. The van der Waals surface area contributed by atoms with Crippen LogP contribution in [0.3, 0.4) is 0 Å². The van der Waals surface area contributed by atoms with E-state index in [0.717, 1.165) is 19.6 Å². The molecule has 0 radical (unpaired) electrons. The fraction of sp³-hybridized carbons (Fsp3) is 0.632. The van der Waals surface area contributed by atoms with Crippen LogP contribution in [0.15, 0.2) is 34.7 Å². The zero-order valence-corrected chi connectivity index (χ0v) is 15.3. The van der Waals surface area contributed by atoms with Crippen molar-refractivity contribution in [2.75, 3.05) is 13.1 Å². The lowest BCUT2D eigenvalue weighted by molar-refractivity contribution is 0.136. The van der Waals surface area contributed by atoms with E-state index in [0.29, 0.717) is 17.8 Å². The first-order valence-corrected chi connectivity index (χ1v) is 9.76. The quantitative estimate of drug-likeness (QED) is 0.623. The fourth-order valence-electron chi connectivity index (χ4n) is 3.86. The first-order chi connectivity index (χ1) is 10.9. The Morgan fingerprint density at radius 2 is 1.78 bits per heavy atom. The number of benzene rings is 1. The summed E-state index contributed by atoms with van der Waals surface area (Å²) < 4.78 is 16.3. The van der Waals surface area contributed by atoms with E-state index >= 15 is 0 Å². The highest BCUT2D eigenvalue weighted by atomic mass is 32.2. The topological polar surface area (TPSA) is 38.7 Å². The molecule has 23 heavy (non-hydrogen) atoms. The minimum absolute atomic E-state index is 0.260. The van der Waals surface area contributed by atoms with Crippen molar-refractivity contribution >= 4 is 17.6 Å². The van der Waals surface area contributed by atoms with Gasteiger partial charge in [0.25, 0.3) is 0 Å². The molecule has 1 unspecified atom stereocenters. The molecule has 2 aliphatic rings. The summed E-state index contributed by atoms with van der Waals surface area (Å²) in [6.45, 7) is 9.28. The summed E-state index contributed by atoms with van der Waals surface area (Å²) in [5.74, 6) is 1.88. The summed E-state index contributed by atoms with van der Waals surface area (Å²) in [7, 11) is 0. The fourth-order valence-corrected chi connectivity index (χ4v) is 4.43. The molecule has 0 spiro atoms. The van der Waals surface area contributed by atoms with Crippen LogP contribution in [0.25, 0.3) is 0 Å². The van der Waals surface area contributed by atoms with Gasteiger partial charge >= 0.3 is 0 Å². The van der Waals surface area contributed by atoms with Crippen LogP contribution in [0.4, 0.5) is 0 Å². The molecule has 4 atom stereocenters. The molecule has 2 bridgehead atoms. The Kier molecular flexibility index (Phi) is 5.14. The largest absolute Gasteiger partial charge is 0.591 e. The minimum Gasteiger partial charge on any atom is -0.591 e. The molecule has 3 nitrogen and oxygen atoms in total. The summed E-state index contributed by atoms with van der Waals surface area (Å²) >= 11 is -1.13. The number of rotatable bonds is 4. The first kappa shape index (κ1) is 17.0. The van der Waals surface area contributed by atoms with Gasteiger partial charge in [-0.3, -0.25) is 4.90 Å². The Morgan fingerprint density at radius 3 is 2.35 bits per heavy atom. The second kappa shape index (κ2) is 6.96. The first-order valence-electron chi connectivity index (χ1n) is 8.66. The van der Waals surface area contributed by atoms with Crippen molar-refractivity contribution in [2.45, 2.75) is 44.9 Å². The Bertz CT molecular complexity index is 526. The van der Waals surface area contributed by atoms with Crippen molar-refractivity contribution < 1.29 is 4.55 Å². The van der Waals surface area contributed by atoms with Crippen LogP contribution in [0.2, 0.25) is 0 Å². The van der Waals surface area contributed by atoms with Gasteiger partial charge in [-0.25, -0.2) is 0 Å². The van der Waals surface area contributed by atoms with Crippen molar-refractivity contribution in [3.8, 4) is 0 Å². The normalized spacial score (nSPS) is 30.0. The molecule has 0 amide bonds. The smallest absolute Gasteiger partial charge is 0.144 e. The minimum atomic E-state index is -1.13. The van der Waals surface area contributed by atoms with Crippen molar-refractivity contribution in [2.24, 2.45) is 22.2 Å². The van der Waals surface area contributed by atoms with Crippen molar-refractivity contribution in [3.05, 3.63) is 35.9 Å².